The Hall–Kier alpha value is -0.730. The van der Waals surface area contributed by atoms with Crippen molar-refractivity contribution in [2.75, 3.05) is 0 Å². The van der Waals surface area contributed by atoms with Gasteiger partial charge in [-0.05, 0) is 43.4 Å². The van der Waals surface area contributed by atoms with E-state index in [-0.39, 0.29) is 5.60 Å². The fourth-order valence-corrected chi connectivity index (χ4v) is 3.42. The van der Waals surface area contributed by atoms with Crippen LogP contribution in [0.1, 0.15) is 44.3 Å². The summed E-state index contributed by atoms with van der Waals surface area (Å²) in [5.41, 5.74) is 0.697. The van der Waals surface area contributed by atoms with Crippen LogP contribution in [0.3, 0.4) is 0 Å². The Bertz CT molecular complexity index is 446. The van der Waals surface area contributed by atoms with E-state index in [4.69, 9.17) is 16.3 Å². The second-order valence-corrected chi connectivity index (χ2v) is 5.97. The Kier molecular flexibility index (Phi) is 2.60. The van der Waals surface area contributed by atoms with Gasteiger partial charge in [0.2, 0.25) is 0 Å². The topological polar surface area (TPSA) is 29.5 Å². The predicted octanol–water partition coefficient (Wildman–Crippen LogP) is 3.71. The molecule has 17 heavy (non-hydrogen) atoms. The molecule has 0 radical (unpaired) electrons. The van der Waals surface area contributed by atoms with E-state index in [1.807, 2.05) is 18.2 Å². The predicted molar refractivity (Wildman–Crippen MR) is 67.4 cm³/mol. The first kappa shape index (κ1) is 11.4. The maximum atomic E-state index is 10.3. The first-order valence-corrected chi connectivity index (χ1v) is 6.62. The van der Waals surface area contributed by atoms with Crippen molar-refractivity contribution in [3.8, 4) is 5.75 Å². The molecule has 1 heterocycles. The monoisotopic (exact) mass is 252 g/mol. The summed E-state index contributed by atoms with van der Waals surface area (Å²) in [6.07, 6.45) is 3.54. The number of benzene rings is 1. The third-order valence-electron chi connectivity index (χ3n) is 4.04. The Labute approximate surface area is 107 Å². The third kappa shape index (κ3) is 1.94. The maximum absolute atomic E-state index is 10.3. The lowest BCUT2D eigenvalue weighted by atomic mass is 9.87. The van der Waals surface area contributed by atoms with E-state index in [0.29, 0.717) is 17.4 Å². The molecule has 3 rings (SSSR count). The molecule has 1 spiro atoms. The van der Waals surface area contributed by atoms with Gasteiger partial charge in [0.1, 0.15) is 11.4 Å². The van der Waals surface area contributed by atoms with Crippen molar-refractivity contribution in [2.24, 2.45) is 5.92 Å². The molecule has 0 saturated heterocycles. The standard InChI is InChI=1S/C14H17ClO2/c1-9-4-5-14(7-9)8-12(16)11-6-10(15)2-3-13(11)17-14/h2-3,6,9,12,16H,4-5,7-8H2,1H3/t9?,12-,14?/m1/s1. The Morgan fingerprint density at radius 2 is 2.24 bits per heavy atom. The van der Waals surface area contributed by atoms with Crippen LogP contribution in [0.4, 0.5) is 0 Å². The van der Waals surface area contributed by atoms with Crippen LogP contribution in [0.25, 0.3) is 0 Å². The highest BCUT2D eigenvalue weighted by atomic mass is 35.5. The zero-order valence-corrected chi connectivity index (χ0v) is 10.7. The summed E-state index contributed by atoms with van der Waals surface area (Å²) < 4.78 is 6.16. The van der Waals surface area contributed by atoms with E-state index in [1.54, 1.807) is 0 Å². The molecule has 0 bridgehead atoms. The Morgan fingerprint density at radius 3 is 2.94 bits per heavy atom. The maximum Gasteiger partial charge on any atom is 0.126 e. The Balaban J connectivity index is 1.96. The number of aliphatic hydroxyl groups excluding tert-OH is 1. The van der Waals surface area contributed by atoms with Crippen molar-refractivity contribution < 1.29 is 9.84 Å². The molecule has 2 aliphatic rings. The lowest BCUT2D eigenvalue weighted by Crippen LogP contribution is -2.38. The van der Waals surface area contributed by atoms with Gasteiger partial charge in [0, 0.05) is 17.0 Å². The van der Waals surface area contributed by atoms with Crippen LogP contribution < -0.4 is 4.74 Å². The normalized spacial score (nSPS) is 35.7. The molecule has 1 fully saturated rings. The van der Waals surface area contributed by atoms with E-state index in [1.165, 1.54) is 6.42 Å². The van der Waals surface area contributed by atoms with Crippen molar-refractivity contribution in [2.45, 2.75) is 44.3 Å². The van der Waals surface area contributed by atoms with E-state index >= 15 is 0 Å². The number of fused-ring (bicyclic) bond motifs is 1. The highest BCUT2D eigenvalue weighted by molar-refractivity contribution is 6.30. The van der Waals surface area contributed by atoms with Gasteiger partial charge < -0.3 is 9.84 Å². The van der Waals surface area contributed by atoms with Gasteiger partial charge in [0.15, 0.2) is 0 Å². The highest BCUT2D eigenvalue weighted by Crippen LogP contribution is 2.49. The quantitative estimate of drug-likeness (QED) is 0.763. The number of rotatable bonds is 0. The molecule has 2 unspecified atom stereocenters. The molecule has 3 atom stereocenters. The van der Waals surface area contributed by atoms with Crippen LogP contribution >= 0.6 is 11.6 Å². The second-order valence-electron chi connectivity index (χ2n) is 5.54. The van der Waals surface area contributed by atoms with Crippen molar-refractivity contribution in [3.63, 3.8) is 0 Å². The van der Waals surface area contributed by atoms with Crippen molar-refractivity contribution in [1.29, 1.82) is 0 Å². The van der Waals surface area contributed by atoms with Crippen LogP contribution in [-0.2, 0) is 0 Å². The minimum atomic E-state index is -0.442. The lowest BCUT2D eigenvalue weighted by Gasteiger charge is -2.38. The number of hydrogen-bond donors (Lipinski definition) is 1. The van der Waals surface area contributed by atoms with Gasteiger partial charge in [0.25, 0.3) is 0 Å². The van der Waals surface area contributed by atoms with Gasteiger partial charge >= 0.3 is 0 Å². The largest absolute Gasteiger partial charge is 0.487 e. The van der Waals surface area contributed by atoms with Crippen molar-refractivity contribution in [1.82, 2.24) is 0 Å². The van der Waals surface area contributed by atoms with Gasteiger partial charge in [-0.2, -0.15) is 0 Å². The number of hydrogen-bond acceptors (Lipinski definition) is 2. The fraction of sp³-hybridized carbons (Fsp3) is 0.571. The number of halogens is 1. The smallest absolute Gasteiger partial charge is 0.126 e. The molecule has 1 aromatic carbocycles. The molecule has 3 heteroatoms. The summed E-state index contributed by atoms with van der Waals surface area (Å²) in [5.74, 6) is 1.50. The Morgan fingerprint density at radius 1 is 1.41 bits per heavy atom. The van der Waals surface area contributed by atoms with E-state index in [0.717, 1.165) is 24.2 Å². The number of ether oxygens (including phenoxy) is 1. The molecular formula is C14H17ClO2. The SMILES string of the molecule is CC1CCC2(C1)C[C@@H](O)c1cc(Cl)ccc1O2. The molecule has 0 aromatic heterocycles. The lowest BCUT2D eigenvalue weighted by molar-refractivity contribution is -0.0116. The van der Waals surface area contributed by atoms with Gasteiger partial charge in [0.05, 0.1) is 6.10 Å². The number of aliphatic hydroxyl groups is 1. The van der Waals surface area contributed by atoms with Gasteiger partial charge in [-0.15, -0.1) is 0 Å². The highest BCUT2D eigenvalue weighted by Gasteiger charge is 2.44. The zero-order valence-electron chi connectivity index (χ0n) is 9.95. The fourth-order valence-electron chi connectivity index (χ4n) is 3.24. The average molecular weight is 253 g/mol. The van der Waals surface area contributed by atoms with Crippen LogP contribution in [0.15, 0.2) is 18.2 Å². The minimum Gasteiger partial charge on any atom is -0.487 e. The molecule has 92 valence electrons. The minimum absolute atomic E-state index is 0.139. The summed E-state index contributed by atoms with van der Waals surface area (Å²) in [7, 11) is 0. The van der Waals surface area contributed by atoms with Crippen LogP contribution in [0, 0.1) is 5.92 Å². The van der Waals surface area contributed by atoms with Gasteiger partial charge in [-0.3, -0.25) is 0 Å². The molecular weight excluding hydrogens is 236 g/mol. The first-order chi connectivity index (χ1) is 8.08. The summed E-state index contributed by atoms with van der Waals surface area (Å²) in [5, 5.41) is 10.9. The van der Waals surface area contributed by atoms with Crippen LogP contribution in [0.2, 0.25) is 5.02 Å². The van der Waals surface area contributed by atoms with E-state index in [9.17, 15) is 5.11 Å². The second kappa shape index (κ2) is 3.89. The zero-order chi connectivity index (χ0) is 12.0. The molecule has 1 N–H and O–H groups in total. The summed E-state index contributed by atoms with van der Waals surface area (Å²) in [6, 6.07) is 5.52. The summed E-state index contributed by atoms with van der Waals surface area (Å²) in [4.78, 5) is 0. The molecule has 0 amide bonds. The van der Waals surface area contributed by atoms with E-state index in [2.05, 4.69) is 6.92 Å². The summed E-state index contributed by atoms with van der Waals surface area (Å²) >= 11 is 5.95. The molecule has 2 nitrogen and oxygen atoms in total. The first-order valence-electron chi connectivity index (χ1n) is 6.24. The molecule has 1 saturated carbocycles. The third-order valence-corrected chi connectivity index (χ3v) is 4.27. The molecule has 1 aliphatic heterocycles. The average Bonchev–Trinajstić information content (AvgIpc) is 2.61. The van der Waals surface area contributed by atoms with E-state index < -0.39 is 6.10 Å². The molecule has 1 aliphatic carbocycles. The van der Waals surface area contributed by atoms with Gasteiger partial charge in [-0.25, -0.2) is 0 Å². The van der Waals surface area contributed by atoms with Crippen molar-refractivity contribution >= 4 is 11.6 Å². The molecule has 1 aromatic rings. The summed E-state index contributed by atoms with van der Waals surface area (Å²) in [6.45, 7) is 2.25. The van der Waals surface area contributed by atoms with Crippen LogP contribution in [0.5, 0.6) is 5.75 Å². The van der Waals surface area contributed by atoms with Gasteiger partial charge in [-0.1, -0.05) is 18.5 Å². The van der Waals surface area contributed by atoms with Crippen molar-refractivity contribution in [3.05, 3.63) is 28.8 Å². The van der Waals surface area contributed by atoms with Crippen LogP contribution in [-0.4, -0.2) is 10.7 Å².